The number of hydrogen-bond donors (Lipinski definition) is 1. The van der Waals surface area contributed by atoms with Gasteiger partial charge in [-0.25, -0.2) is 9.18 Å². The lowest BCUT2D eigenvalue weighted by Gasteiger charge is -2.31. The molecule has 0 unspecified atom stereocenters. The average molecular weight is 514 g/mol. The van der Waals surface area contributed by atoms with E-state index in [4.69, 9.17) is 9.47 Å². The normalized spacial score (nSPS) is 16.7. The zero-order chi connectivity index (χ0) is 26.3. The number of piperidine rings is 1. The highest BCUT2D eigenvalue weighted by atomic mass is 32.2. The number of amides is 2. The van der Waals surface area contributed by atoms with Gasteiger partial charge in [-0.05, 0) is 51.3 Å². The second kappa shape index (κ2) is 12.0. The molecule has 0 spiro atoms. The Morgan fingerprint density at radius 1 is 1.31 bits per heavy atom. The van der Waals surface area contributed by atoms with Gasteiger partial charge in [0.15, 0.2) is 5.82 Å². The molecule has 192 valence electrons. The highest BCUT2D eigenvalue weighted by Crippen LogP contribution is 2.38. The monoisotopic (exact) mass is 513 g/mol. The van der Waals surface area contributed by atoms with E-state index in [1.165, 1.54) is 4.31 Å². The Morgan fingerprint density at radius 3 is 2.61 bits per heavy atom. The zero-order valence-corrected chi connectivity index (χ0v) is 21.8. The molecule has 1 aromatic carbocycles. The van der Waals surface area contributed by atoms with Crippen molar-refractivity contribution in [3.8, 4) is 17.6 Å². The van der Waals surface area contributed by atoms with Crippen molar-refractivity contribution < 1.29 is 23.5 Å². The van der Waals surface area contributed by atoms with Crippen LogP contribution in [-0.2, 0) is 9.53 Å². The van der Waals surface area contributed by atoms with E-state index in [0.29, 0.717) is 31.7 Å². The smallest absolute Gasteiger partial charge is 0.410 e. The number of nitrogens with zero attached hydrogens (tertiary/aromatic N) is 2. The number of anilines is 1. The molecule has 0 atom stereocenters. The molecule has 7 nitrogen and oxygen atoms in total. The molecule has 0 radical (unpaired) electrons. The van der Waals surface area contributed by atoms with Crippen LogP contribution in [0.15, 0.2) is 49.1 Å². The highest BCUT2D eigenvalue weighted by Gasteiger charge is 2.29. The standard InChI is InChI=1S/C27H32FN3O4S/c1-6-8-19(7-2)18-34-22-12-11-21(24(28)25(22)31-17-23(32)29-36-31)10-9-20-13-15-30(16-14-20)26(33)35-27(3,4)5/h6-8,11-12,20H,1-2,13-18H2,3-5H3,(H,29,32)/b19-8+. The maximum absolute atomic E-state index is 15.6. The Labute approximate surface area is 216 Å². The molecule has 1 N–H and O–H groups in total. The molecular weight excluding hydrogens is 481 g/mol. The minimum absolute atomic E-state index is 0.00519. The van der Waals surface area contributed by atoms with Crippen molar-refractivity contribution in [2.45, 2.75) is 39.2 Å². The first-order valence-electron chi connectivity index (χ1n) is 11.7. The molecule has 2 aliphatic rings. The molecular formula is C27H32FN3O4S. The van der Waals surface area contributed by atoms with Gasteiger partial charge in [0.1, 0.15) is 30.2 Å². The maximum Gasteiger partial charge on any atom is 0.410 e. The van der Waals surface area contributed by atoms with Gasteiger partial charge in [-0.2, -0.15) is 0 Å². The van der Waals surface area contributed by atoms with Crippen molar-refractivity contribution in [1.82, 2.24) is 9.62 Å². The Balaban J connectivity index is 1.75. The summed E-state index contributed by atoms with van der Waals surface area (Å²) in [4.78, 5) is 25.7. The number of rotatable bonds is 6. The molecule has 0 saturated carbocycles. The second-order valence-electron chi connectivity index (χ2n) is 9.41. The van der Waals surface area contributed by atoms with E-state index in [9.17, 15) is 9.59 Å². The number of allylic oxidation sites excluding steroid dienone is 2. The Bertz CT molecular complexity index is 1110. The van der Waals surface area contributed by atoms with Gasteiger partial charge in [-0.15, -0.1) is 0 Å². The van der Waals surface area contributed by atoms with Crippen LogP contribution in [0.25, 0.3) is 0 Å². The summed E-state index contributed by atoms with van der Waals surface area (Å²) >= 11 is 1.01. The van der Waals surface area contributed by atoms with Crippen molar-refractivity contribution in [2.24, 2.45) is 5.92 Å². The van der Waals surface area contributed by atoms with E-state index in [1.807, 2.05) is 20.8 Å². The van der Waals surface area contributed by atoms with Crippen LogP contribution in [0.2, 0.25) is 0 Å². The number of ether oxygens (including phenoxy) is 2. The molecule has 2 saturated heterocycles. The van der Waals surface area contributed by atoms with E-state index in [0.717, 1.165) is 17.7 Å². The van der Waals surface area contributed by atoms with Crippen molar-refractivity contribution in [3.05, 3.63) is 60.5 Å². The van der Waals surface area contributed by atoms with Crippen LogP contribution in [0.4, 0.5) is 14.9 Å². The van der Waals surface area contributed by atoms with E-state index >= 15 is 4.39 Å². The van der Waals surface area contributed by atoms with Crippen molar-refractivity contribution >= 4 is 29.8 Å². The predicted molar refractivity (Wildman–Crippen MR) is 141 cm³/mol. The fourth-order valence-corrected chi connectivity index (χ4v) is 4.34. The third-order valence-electron chi connectivity index (χ3n) is 5.43. The van der Waals surface area contributed by atoms with Crippen molar-refractivity contribution in [3.63, 3.8) is 0 Å². The number of nitrogens with one attached hydrogen (secondary N) is 1. The molecule has 2 amide bonds. The summed E-state index contributed by atoms with van der Waals surface area (Å²) in [6, 6.07) is 3.24. The summed E-state index contributed by atoms with van der Waals surface area (Å²) in [7, 11) is 0. The van der Waals surface area contributed by atoms with Gasteiger partial charge in [0, 0.05) is 19.0 Å². The third-order valence-corrected chi connectivity index (χ3v) is 6.28. The van der Waals surface area contributed by atoms with Gasteiger partial charge in [0.2, 0.25) is 0 Å². The van der Waals surface area contributed by atoms with E-state index < -0.39 is 11.4 Å². The number of halogens is 1. The van der Waals surface area contributed by atoms with Crippen LogP contribution in [0.3, 0.4) is 0 Å². The molecule has 1 aromatic rings. The van der Waals surface area contributed by atoms with Crippen LogP contribution in [0.5, 0.6) is 5.75 Å². The first kappa shape index (κ1) is 27.2. The molecule has 9 heteroatoms. The van der Waals surface area contributed by atoms with E-state index in [-0.39, 0.29) is 42.3 Å². The van der Waals surface area contributed by atoms with E-state index in [1.54, 1.807) is 35.3 Å². The molecule has 2 aliphatic heterocycles. The maximum atomic E-state index is 15.6. The quantitative estimate of drug-likeness (QED) is 0.328. The molecule has 0 aromatic heterocycles. The van der Waals surface area contributed by atoms with Gasteiger partial charge >= 0.3 is 6.09 Å². The molecule has 0 aliphatic carbocycles. The summed E-state index contributed by atoms with van der Waals surface area (Å²) in [6.45, 7) is 14.2. The lowest BCUT2D eigenvalue weighted by molar-refractivity contribution is -0.117. The number of hydrogen-bond acceptors (Lipinski definition) is 6. The largest absolute Gasteiger partial charge is 0.487 e. The second-order valence-corrected chi connectivity index (χ2v) is 10.2. The van der Waals surface area contributed by atoms with Crippen LogP contribution < -0.4 is 13.8 Å². The summed E-state index contributed by atoms with van der Waals surface area (Å²) in [5.74, 6) is 5.68. The molecule has 2 fully saturated rings. The predicted octanol–water partition coefficient (Wildman–Crippen LogP) is 5.00. The number of carbonyl (C=O) groups excluding carboxylic acids is 2. The fourth-order valence-electron chi connectivity index (χ4n) is 3.62. The summed E-state index contributed by atoms with van der Waals surface area (Å²) in [5.41, 5.74) is 0.618. The molecule has 36 heavy (non-hydrogen) atoms. The van der Waals surface area contributed by atoms with E-state index in [2.05, 4.69) is 29.7 Å². The zero-order valence-electron chi connectivity index (χ0n) is 20.9. The Kier molecular flexibility index (Phi) is 9.10. The van der Waals surface area contributed by atoms with Gasteiger partial charge in [0.05, 0.1) is 17.7 Å². The van der Waals surface area contributed by atoms with Gasteiger partial charge < -0.3 is 14.4 Å². The van der Waals surface area contributed by atoms with Gasteiger partial charge in [-0.3, -0.25) is 13.8 Å². The molecule has 0 bridgehead atoms. The number of benzene rings is 1. The average Bonchev–Trinajstić information content (AvgIpc) is 3.26. The Hall–Kier alpha value is -3.38. The van der Waals surface area contributed by atoms with Crippen molar-refractivity contribution in [2.75, 3.05) is 30.5 Å². The molecule has 2 heterocycles. The van der Waals surface area contributed by atoms with Gasteiger partial charge in [-0.1, -0.05) is 43.2 Å². The number of carbonyl (C=O) groups is 2. The summed E-state index contributed by atoms with van der Waals surface area (Å²) < 4.78 is 31.1. The SMILES string of the molecule is C=C/C=C(\C=C)COc1ccc(C#CC2CCN(C(=O)OC(C)(C)C)CC2)c(F)c1N1CC(=O)NS1. The fraction of sp³-hybridized carbons (Fsp3) is 0.407. The Morgan fingerprint density at radius 2 is 2.03 bits per heavy atom. The first-order valence-corrected chi connectivity index (χ1v) is 12.5. The van der Waals surface area contributed by atoms with Crippen LogP contribution in [0.1, 0.15) is 39.2 Å². The minimum atomic E-state index is -0.553. The lowest BCUT2D eigenvalue weighted by Crippen LogP contribution is -2.41. The first-order chi connectivity index (χ1) is 17.1. The minimum Gasteiger partial charge on any atom is -0.487 e. The van der Waals surface area contributed by atoms with Gasteiger partial charge in [0.25, 0.3) is 5.91 Å². The van der Waals surface area contributed by atoms with Crippen LogP contribution >= 0.6 is 12.1 Å². The van der Waals surface area contributed by atoms with Crippen LogP contribution in [-0.4, -0.2) is 48.7 Å². The summed E-state index contributed by atoms with van der Waals surface area (Å²) in [5, 5.41) is 0. The van der Waals surface area contributed by atoms with Crippen LogP contribution in [0, 0.1) is 23.6 Å². The molecule has 3 rings (SSSR count). The van der Waals surface area contributed by atoms with Crippen molar-refractivity contribution in [1.29, 1.82) is 0 Å². The third kappa shape index (κ3) is 7.31. The number of likely N-dealkylation sites (tertiary alicyclic amines) is 1. The highest BCUT2D eigenvalue weighted by molar-refractivity contribution is 7.99. The topological polar surface area (TPSA) is 71.1 Å². The lowest BCUT2D eigenvalue weighted by atomic mass is 9.97. The summed E-state index contributed by atoms with van der Waals surface area (Å²) in [6.07, 6.45) is 6.06.